The van der Waals surface area contributed by atoms with Crippen molar-refractivity contribution in [3.8, 4) is 11.1 Å². The zero-order chi connectivity index (χ0) is 16.2. The van der Waals surface area contributed by atoms with Gasteiger partial charge < -0.3 is 10.6 Å². The number of rotatable bonds is 4. The van der Waals surface area contributed by atoms with Gasteiger partial charge in [0.05, 0.1) is 0 Å². The Bertz CT molecular complexity index is 740. The molecule has 23 heavy (non-hydrogen) atoms. The minimum atomic E-state index is -0.387. The van der Waals surface area contributed by atoms with Crippen molar-refractivity contribution in [1.82, 2.24) is 10.6 Å². The maximum atomic E-state index is 12.0. The number of nitrogens with one attached hydrogen (secondary N) is 2. The summed E-state index contributed by atoms with van der Waals surface area (Å²) < 4.78 is 0. The molecule has 0 spiro atoms. The van der Waals surface area contributed by atoms with Gasteiger partial charge in [0, 0.05) is 13.0 Å². The molecule has 0 aromatic heterocycles. The first-order valence-corrected chi connectivity index (χ1v) is 7.85. The van der Waals surface area contributed by atoms with Crippen LogP contribution in [0.25, 0.3) is 11.1 Å². The van der Waals surface area contributed by atoms with E-state index in [1.54, 1.807) is 0 Å². The molecular weight excluding hydrogens is 288 g/mol. The van der Waals surface area contributed by atoms with Crippen molar-refractivity contribution in [3.05, 3.63) is 59.7 Å². The van der Waals surface area contributed by atoms with Crippen LogP contribution in [0.1, 0.15) is 24.0 Å². The van der Waals surface area contributed by atoms with Crippen LogP contribution in [0.15, 0.2) is 48.5 Å². The summed E-state index contributed by atoms with van der Waals surface area (Å²) in [6.07, 6.45) is 1.01. The number of benzene rings is 2. The summed E-state index contributed by atoms with van der Waals surface area (Å²) in [5, 5.41) is 5.58. The van der Waals surface area contributed by atoms with Crippen LogP contribution in [-0.2, 0) is 16.1 Å². The molecule has 4 nitrogen and oxygen atoms in total. The monoisotopic (exact) mass is 308 g/mol. The van der Waals surface area contributed by atoms with E-state index in [9.17, 15) is 9.59 Å². The van der Waals surface area contributed by atoms with Crippen molar-refractivity contribution in [3.63, 3.8) is 0 Å². The van der Waals surface area contributed by atoms with Crippen LogP contribution in [0.4, 0.5) is 0 Å². The lowest BCUT2D eigenvalue weighted by atomic mass is 10.0. The second-order valence-electron chi connectivity index (χ2n) is 5.95. The molecule has 1 aliphatic heterocycles. The number of hydrogen-bond acceptors (Lipinski definition) is 2. The van der Waals surface area contributed by atoms with Crippen LogP contribution >= 0.6 is 0 Å². The van der Waals surface area contributed by atoms with Gasteiger partial charge in [0.1, 0.15) is 6.04 Å². The molecule has 1 heterocycles. The fourth-order valence-electron chi connectivity index (χ4n) is 2.81. The molecule has 2 N–H and O–H groups in total. The molecule has 0 aliphatic carbocycles. The van der Waals surface area contributed by atoms with Crippen LogP contribution in [0.5, 0.6) is 0 Å². The van der Waals surface area contributed by atoms with Gasteiger partial charge in [-0.15, -0.1) is 0 Å². The third-order valence-electron chi connectivity index (χ3n) is 4.06. The maximum absolute atomic E-state index is 12.0. The first-order valence-electron chi connectivity index (χ1n) is 7.85. The van der Waals surface area contributed by atoms with Gasteiger partial charge in [0.15, 0.2) is 0 Å². The Hall–Kier alpha value is -2.62. The van der Waals surface area contributed by atoms with Gasteiger partial charge in [-0.1, -0.05) is 48.0 Å². The minimum Gasteiger partial charge on any atom is -0.350 e. The fourth-order valence-corrected chi connectivity index (χ4v) is 2.81. The molecule has 1 fully saturated rings. The summed E-state index contributed by atoms with van der Waals surface area (Å²) in [4.78, 5) is 23.2. The van der Waals surface area contributed by atoms with Crippen LogP contribution in [0.3, 0.4) is 0 Å². The van der Waals surface area contributed by atoms with Crippen LogP contribution in [0, 0.1) is 6.92 Å². The third-order valence-corrected chi connectivity index (χ3v) is 4.06. The average Bonchev–Trinajstić information content (AvgIpc) is 2.99. The van der Waals surface area contributed by atoms with E-state index in [0.29, 0.717) is 19.4 Å². The van der Waals surface area contributed by atoms with E-state index in [-0.39, 0.29) is 17.9 Å². The largest absolute Gasteiger partial charge is 0.350 e. The van der Waals surface area contributed by atoms with Crippen molar-refractivity contribution in [2.45, 2.75) is 32.4 Å². The molecular formula is C19H20N2O2. The average molecular weight is 308 g/mol. The summed E-state index contributed by atoms with van der Waals surface area (Å²) in [5.74, 6) is -0.164. The van der Waals surface area contributed by atoms with E-state index in [1.807, 2.05) is 18.2 Å². The predicted molar refractivity (Wildman–Crippen MR) is 89.6 cm³/mol. The first kappa shape index (κ1) is 15.3. The van der Waals surface area contributed by atoms with Crippen molar-refractivity contribution in [1.29, 1.82) is 0 Å². The quantitative estimate of drug-likeness (QED) is 0.912. The molecule has 1 atom stereocenters. The molecule has 4 heteroatoms. The van der Waals surface area contributed by atoms with E-state index >= 15 is 0 Å². The topological polar surface area (TPSA) is 58.2 Å². The normalized spacial score (nSPS) is 16.9. The second-order valence-corrected chi connectivity index (χ2v) is 5.95. The van der Waals surface area contributed by atoms with E-state index < -0.39 is 0 Å². The SMILES string of the molecule is Cc1cccc(-c2cccc(CNC(=O)[C@@H]3CCC(=O)N3)c2)c1. The van der Waals surface area contributed by atoms with E-state index in [2.05, 4.69) is 47.9 Å². The van der Waals surface area contributed by atoms with E-state index in [1.165, 1.54) is 11.1 Å². The lowest BCUT2D eigenvalue weighted by Gasteiger charge is -2.12. The molecule has 0 unspecified atom stereocenters. The van der Waals surface area contributed by atoms with Crippen LogP contribution in [0.2, 0.25) is 0 Å². The zero-order valence-corrected chi connectivity index (χ0v) is 13.1. The number of amides is 2. The Morgan fingerprint density at radius 1 is 1.17 bits per heavy atom. The van der Waals surface area contributed by atoms with Crippen molar-refractivity contribution in [2.75, 3.05) is 0 Å². The number of carbonyl (C=O) groups excluding carboxylic acids is 2. The van der Waals surface area contributed by atoms with Crippen LogP contribution < -0.4 is 10.6 Å². The zero-order valence-electron chi connectivity index (χ0n) is 13.1. The molecule has 2 aromatic rings. The number of carbonyl (C=O) groups is 2. The predicted octanol–water partition coefficient (Wildman–Crippen LogP) is 2.56. The molecule has 1 aliphatic rings. The highest BCUT2D eigenvalue weighted by Crippen LogP contribution is 2.21. The Morgan fingerprint density at radius 3 is 2.61 bits per heavy atom. The summed E-state index contributed by atoms with van der Waals surface area (Å²) in [7, 11) is 0. The lowest BCUT2D eigenvalue weighted by Crippen LogP contribution is -2.41. The smallest absolute Gasteiger partial charge is 0.242 e. The summed E-state index contributed by atoms with van der Waals surface area (Å²) in [5.41, 5.74) is 4.57. The van der Waals surface area contributed by atoms with Crippen molar-refractivity contribution < 1.29 is 9.59 Å². The molecule has 3 rings (SSSR count). The summed E-state index contributed by atoms with van der Waals surface area (Å²) >= 11 is 0. The first-order chi connectivity index (χ1) is 11.1. The third kappa shape index (κ3) is 3.77. The number of aryl methyl sites for hydroxylation is 1. The van der Waals surface area contributed by atoms with Crippen LogP contribution in [-0.4, -0.2) is 17.9 Å². The van der Waals surface area contributed by atoms with Gasteiger partial charge in [0.2, 0.25) is 11.8 Å². The van der Waals surface area contributed by atoms with Gasteiger partial charge in [-0.05, 0) is 36.1 Å². The van der Waals surface area contributed by atoms with Gasteiger partial charge >= 0.3 is 0 Å². The highest BCUT2D eigenvalue weighted by atomic mass is 16.2. The highest BCUT2D eigenvalue weighted by Gasteiger charge is 2.26. The molecule has 2 amide bonds. The second kappa shape index (κ2) is 6.65. The Morgan fingerprint density at radius 2 is 1.91 bits per heavy atom. The molecule has 0 saturated carbocycles. The minimum absolute atomic E-state index is 0.0494. The van der Waals surface area contributed by atoms with E-state index in [4.69, 9.17) is 0 Å². The Balaban J connectivity index is 1.66. The fraction of sp³-hybridized carbons (Fsp3) is 0.263. The van der Waals surface area contributed by atoms with Gasteiger partial charge in [-0.25, -0.2) is 0 Å². The van der Waals surface area contributed by atoms with E-state index in [0.717, 1.165) is 11.1 Å². The summed E-state index contributed by atoms with van der Waals surface area (Å²) in [6.45, 7) is 2.54. The molecule has 0 bridgehead atoms. The molecule has 2 aromatic carbocycles. The van der Waals surface area contributed by atoms with Crippen molar-refractivity contribution in [2.24, 2.45) is 0 Å². The summed E-state index contributed by atoms with van der Waals surface area (Å²) in [6, 6.07) is 16.1. The molecule has 0 radical (unpaired) electrons. The standard InChI is InChI=1S/C19H20N2O2/c1-13-4-2-6-15(10-13)16-7-3-5-14(11-16)12-20-19(23)17-8-9-18(22)21-17/h2-7,10-11,17H,8-9,12H2,1H3,(H,20,23)(H,21,22)/t17-/m0/s1. The Labute approximate surface area is 135 Å². The van der Waals surface area contributed by atoms with Gasteiger partial charge in [-0.2, -0.15) is 0 Å². The van der Waals surface area contributed by atoms with Gasteiger partial charge in [-0.3, -0.25) is 9.59 Å². The van der Waals surface area contributed by atoms with Gasteiger partial charge in [0.25, 0.3) is 0 Å². The number of hydrogen-bond donors (Lipinski definition) is 2. The maximum Gasteiger partial charge on any atom is 0.242 e. The lowest BCUT2D eigenvalue weighted by molar-refractivity contribution is -0.125. The molecule has 118 valence electrons. The molecule has 1 saturated heterocycles. The highest BCUT2D eigenvalue weighted by molar-refractivity contribution is 5.90. The Kier molecular flexibility index (Phi) is 4.42. The van der Waals surface area contributed by atoms with Crippen molar-refractivity contribution >= 4 is 11.8 Å².